The summed E-state index contributed by atoms with van der Waals surface area (Å²) in [7, 11) is -3.98. The summed E-state index contributed by atoms with van der Waals surface area (Å²) in [5, 5.41) is 0.108. The standard InChI is InChI=1S/C20H22Cl2N2O3S/c1-13-6-8-24(9-7-13)20(25)16-11-19(18(22)12-17(16)21)28(26,27)23-15-5-3-4-14(2)10-15/h3-5,10-13,23H,6-9H2,1-2H3. The normalized spacial score (nSPS) is 15.5. The fraction of sp³-hybridized carbons (Fsp3) is 0.350. The predicted molar refractivity (Wildman–Crippen MR) is 113 cm³/mol. The van der Waals surface area contributed by atoms with E-state index in [0.29, 0.717) is 24.7 Å². The maximum absolute atomic E-state index is 12.9. The summed E-state index contributed by atoms with van der Waals surface area (Å²) in [6.07, 6.45) is 1.83. The number of amides is 1. The lowest BCUT2D eigenvalue weighted by molar-refractivity contribution is 0.0697. The third kappa shape index (κ3) is 4.62. The van der Waals surface area contributed by atoms with E-state index in [1.807, 2.05) is 13.0 Å². The molecular formula is C20H22Cl2N2O3S. The van der Waals surface area contributed by atoms with Crippen molar-refractivity contribution in [2.75, 3.05) is 17.8 Å². The largest absolute Gasteiger partial charge is 0.339 e. The number of piperidine rings is 1. The minimum absolute atomic E-state index is 0.0334. The predicted octanol–water partition coefficient (Wildman–Crippen LogP) is 4.97. The third-order valence-electron chi connectivity index (χ3n) is 4.88. The van der Waals surface area contributed by atoms with Gasteiger partial charge in [-0.25, -0.2) is 8.42 Å². The summed E-state index contributed by atoms with van der Waals surface area (Å²) < 4.78 is 28.3. The van der Waals surface area contributed by atoms with Gasteiger partial charge in [0.05, 0.1) is 15.6 Å². The molecule has 0 aliphatic carbocycles. The molecule has 150 valence electrons. The number of sulfonamides is 1. The first kappa shape index (κ1) is 21.0. The van der Waals surface area contributed by atoms with Gasteiger partial charge in [0.1, 0.15) is 4.90 Å². The summed E-state index contributed by atoms with van der Waals surface area (Å²) in [4.78, 5) is 14.4. The monoisotopic (exact) mass is 440 g/mol. The number of anilines is 1. The Morgan fingerprint density at radius 3 is 2.43 bits per heavy atom. The first-order valence-electron chi connectivity index (χ1n) is 9.05. The summed E-state index contributed by atoms with van der Waals surface area (Å²) in [6, 6.07) is 9.56. The molecule has 0 bridgehead atoms. The van der Waals surface area contributed by atoms with Crippen LogP contribution in [0.5, 0.6) is 0 Å². The quantitative estimate of drug-likeness (QED) is 0.728. The van der Waals surface area contributed by atoms with Crippen molar-refractivity contribution in [3.8, 4) is 0 Å². The molecular weight excluding hydrogens is 419 g/mol. The van der Waals surface area contributed by atoms with E-state index in [4.69, 9.17) is 23.2 Å². The average molecular weight is 441 g/mol. The summed E-state index contributed by atoms with van der Waals surface area (Å²) >= 11 is 12.4. The molecule has 0 saturated carbocycles. The number of nitrogens with zero attached hydrogens (tertiary/aromatic N) is 1. The molecule has 0 aromatic heterocycles. The van der Waals surface area contributed by atoms with Crippen LogP contribution in [0, 0.1) is 12.8 Å². The molecule has 0 atom stereocenters. The van der Waals surface area contributed by atoms with Crippen LogP contribution in [0.2, 0.25) is 10.0 Å². The SMILES string of the molecule is Cc1cccc(NS(=O)(=O)c2cc(C(=O)N3CCC(C)CC3)c(Cl)cc2Cl)c1. The van der Waals surface area contributed by atoms with E-state index in [0.717, 1.165) is 18.4 Å². The zero-order valence-corrected chi connectivity index (χ0v) is 18.0. The number of rotatable bonds is 4. The molecule has 1 saturated heterocycles. The first-order valence-corrected chi connectivity index (χ1v) is 11.3. The van der Waals surface area contributed by atoms with Crippen molar-refractivity contribution in [2.45, 2.75) is 31.6 Å². The molecule has 1 amide bonds. The molecule has 1 aliphatic heterocycles. The molecule has 2 aromatic rings. The van der Waals surface area contributed by atoms with Crippen LogP contribution in [0.15, 0.2) is 41.3 Å². The maximum atomic E-state index is 12.9. The molecule has 8 heteroatoms. The Bertz CT molecular complexity index is 1000. The van der Waals surface area contributed by atoms with Crippen LogP contribution in [0.25, 0.3) is 0 Å². The summed E-state index contributed by atoms with van der Waals surface area (Å²) in [5.74, 6) is 0.291. The van der Waals surface area contributed by atoms with Crippen LogP contribution >= 0.6 is 23.2 Å². The van der Waals surface area contributed by atoms with Gasteiger partial charge in [-0.3, -0.25) is 9.52 Å². The van der Waals surface area contributed by atoms with Gasteiger partial charge in [-0.15, -0.1) is 0 Å². The number of carbonyl (C=O) groups is 1. The van der Waals surface area contributed by atoms with Gasteiger partial charge in [0.2, 0.25) is 0 Å². The second-order valence-corrected chi connectivity index (χ2v) is 9.68. The third-order valence-corrected chi connectivity index (χ3v) is 7.04. The molecule has 1 fully saturated rings. The highest BCUT2D eigenvalue weighted by Crippen LogP contribution is 2.31. The summed E-state index contributed by atoms with van der Waals surface area (Å²) in [6.45, 7) is 5.27. The molecule has 1 heterocycles. The highest BCUT2D eigenvalue weighted by Gasteiger charge is 2.27. The van der Waals surface area contributed by atoms with Crippen molar-refractivity contribution in [3.63, 3.8) is 0 Å². The zero-order valence-electron chi connectivity index (χ0n) is 15.7. The van der Waals surface area contributed by atoms with Crippen molar-refractivity contribution in [1.29, 1.82) is 0 Å². The van der Waals surface area contributed by atoms with Crippen molar-refractivity contribution in [2.24, 2.45) is 5.92 Å². The molecule has 28 heavy (non-hydrogen) atoms. The van der Waals surface area contributed by atoms with Crippen molar-refractivity contribution >= 4 is 44.8 Å². The topological polar surface area (TPSA) is 66.5 Å². The Kier molecular flexibility index (Phi) is 6.22. The van der Waals surface area contributed by atoms with Gasteiger partial charge in [0.15, 0.2) is 0 Å². The van der Waals surface area contributed by atoms with Gasteiger partial charge in [-0.2, -0.15) is 0 Å². The number of aryl methyl sites for hydroxylation is 1. The number of hydrogen-bond donors (Lipinski definition) is 1. The average Bonchev–Trinajstić information content (AvgIpc) is 2.61. The molecule has 2 aromatic carbocycles. The highest BCUT2D eigenvalue weighted by atomic mass is 35.5. The Hall–Kier alpha value is -1.76. The van der Waals surface area contributed by atoms with E-state index in [1.165, 1.54) is 12.1 Å². The van der Waals surface area contributed by atoms with E-state index in [1.54, 1.807) is 23.1 Å². The van der Waals surface area contributed by atoms with Gasteiger partial charge in [-0.1, -0.05) is 42.3 Å². The van der Waals surface area contributed by atoms with Gasteiger partial charge in [0.25, 0.3) is 15.9 Å². The fourth-order valence-electron chi connectivity index (χ4n) is 3.20. The van der Waals surface area contributed by atoms with Crippen LogP contribution in [0.1, 0.15) is 35.7 Å². The lowest BCUT2D eigenvalue weighted by Gasteiger charge is -2.30. The Balaban J connectivity index is 1.93. The van der Waals surface area contributed by atoms with Crippen LogP contribution in [-0.2, 0) is 10.0 Å². The number of carbonyl (C=O) groups excluding carboxylic acids is 1. The maximum Gasteiger partial charge on any atom is 0.263 e. The van der Waals surface area contributed by atoms with E-state index in [-0.39, 0.29) is 26.4 Å². The van der Waals surface area contributed by atoms with Crippen molar-refractivity contribution < 1.29 is 13.2 Å². The van der Waals surface area contributed by atoms with E-state index in [9.17, 15) is 13.2 Å². The molecule has 0 radical (unpaired) electrons. The van der Waals surface area contributed by atoms with Gasteiger partial charge in [-0.05, 0) is 55.5 Å². The van der Waals surface area contributed by atoms with E-state index < -0.39 is 10.0 Å². The van der Waals surface area contributed by atoms with Gasteiger partial charge >= 0.3 is 0 Å². The second kappa shape index (κ2) is 8.31. The lowest BCUT2D eigenvalue weighted by atomic mass is 9.98. The van der Waals surface area contributed by atoms with Crippen LogP contribution in [-0.4, -0.2) is 32.3 Å². The Labute approximate surface area is 175 Å². The molecule has 3 rings (SSSR count). The van der Waals surface area contributed by atoms with Crippen molar-refractivity contribution in [3.05, 3.63) is 57.6 Å². The lowest BCUT2D eigenvalue weighted by Crippen LogP contribution is -2.38. The number of halogens is 2. The van der Waals surface area contributed by atoms with Gasteiger partial charge in [0, 0.05) is 18.8 Å². The first-order chi connectivity index (χ1) is 13.2. The zero-order chi connectivity index (χ0) is 20.5. The minimum Gasteiger partial charge on any atom is -0.339 e. The Morgan fingerprint density at radius 1 is 1.11 bits per heavy atom. The van der Waals surface area contributed by atoms with E-state index >= 15 is 0 Å². The molecule has 5 nitrogen and oxygen atoms in total. The molecule has 0 unspecified atom stereocenters. The molecule has 0 spiro atoms. The minimum atomic E-state index is -3.98. The number of likely N-dealkylation sites (tertiary alicyclic amines) is 1. The van der Waals surface area contributed by atoms with Crippen LogP contribution in [0.3, 0.4) is 0 Å². The number of benzene rings is 2. The number of nitrogens with one attached hydrogen (secondary N) is 1. The van der Waals surface area contributed by atoms with Crippen LogP contribution < -0.4 is 4.72 Å². The second-order valence-electron chi connectivity index (χ2n) is 7.21. The molecule has 1 aliphatic rings. The summed E-state index contributed by atoms with van der Waals surface area (Å²) in [5.41, 5.74) is 1.48. The molecule has 1 N–H and O–H groups in total. The Morgan fingerprint density at radius 2 is 1.79 bits per heavy atom. The number of hydrogen-bond acceptors (Lipinski definition) is 3. The smallest absolute Gasteiger partial charge is 0.263 e. The van der Waals surface area contributed by atoms with E-state index in [2.05, 4.69) is 11.6 Å². The van der Waals surface area contributed by atoms with Crippen molar-refractivity contribution in [1.82, 2.24) is 4.90 Å². The highest BCUT2D eigenvalue weighted by molar-refractivity contribution is 7.92. The fourth-order valence-corrected chi connectivity index (χ4v) is 5.10. The van der Waals surface area contributed by atoms with Crippen LogP contribution in [0.4, 0.5) is 5.69 Å². The van der Waals surface area contributed by atoms with Gasteiger partial charge < -0.3 is 4.90 Å².